The summed E-state index contributed by atoms with van der Waals surface area (Å²) >= 11 is 0. The minimum Gasteiger partial charge on any atom is -0.326 e. The Balaban J connectivity index is 1.48. The SMILES string of the molecule is CC(C)(C)c1ccc(CC[C@H]2C[C@@]3(C)[NH2+][C@@](C)(c4ccccc42)c2ccccc23)cc1. The van der Waals surface area contributed by atoms with Crippen LogP contribution in [0.5, 0.6) is 0 Å². The summed E-state index contributed by atoms with van der Waals surface area (Å²) in [5.74, 6) is 0.579. The van der Waals surface area contributed by atoms with E-state index in [0.717, 1.165) is 6.42 Å². The van der Waals surface area contributed by atoms with Crippen LogP contribution in [0, 0.1) is 0 Å². The van der Waals surface area contributed by atoms with Crippen molar-refractivity contribution in [2.45, 2.75) is 76.3 Å². The zero-order valence-corrected chi connectivity index (χ0v) is 19.7. The molecule has 0 saturated heterocycles. The van der Waals surface area contributed by atoms with E-state index in [1.807, 2.05) is 0 Å². The van der Waals surface area contributed by atoms with Gasteiger partial charge in [-0.3, -0.25) is 0 Å². The summed E-state index contributed by atoms with van der Waals surface area (Å²) in [5, 5.41) is 2.65. The number of hydrogen-bond donors (Lipinski definition) is 1. The van der Waals surface area contributed by atoms with Gasteiger partial charge in [0.05, 0.1) is 0 Å². The molecule has 3 aromatic rings. The summed E-state index contributed by atoms with van der Waals surface area (Å²) in [6, 6.07) is 27.7. The molecular formula is C30H36N+. The second kappa shape index (κ2) is 7.07. The number of benzene rings is 3. The molecule has 31 heavy (non-hydrogen) atoms. The van der Waals surface area contributed by atoms with E-state index >= 15 is 0 Å². The highest BCUT2D eigenvalue weighted by Gasteiger charge is 2.55. The molecule has 0 spiro atoms. The summed E-state index contributed by atoms with van der Waals surface area (Å²) in [5.41, 5.74) is 9.33. The van der Waals surface area contributed by atoms with Gasteiger partial charge in [0.25, 0.3) is 0 Å². The Kier molecular flexibility index (Phi) is 4.68. The van der Waals surface area contributed by atoms with Crippen LogP contribution in [0.4, 0.5) is 0 Å². The van der Waals surface area contributed by atoms with Gasteiger partial charge in [0.1, 0.15) is 11.1 Å². The Morgan fingerprint density at radius 2 is 1.42 bits per heavy atom. The van der Waals surface area contributed by atoms with Crippen molar-refractivity contribution in [3.63, 3.8) is 0 Å². The minimum atomic E-state index is 0.00500. The van der Waals surface area contributed by atoms with Gasteiger partial charge in [-0.2, -0.15) is 0 Å². The quantitative estimate of drug-likeness (QED) is 0.532. The van der Waals surface area contributed by atoms with Gasteiger partial charge in [-0.05, 0) is 54.7 Å². The van der Waals surface area contributed by atoms with E-state index < -0.39 is 0 Å². The van der Waals surface area contributed by atoms with Crippen LogP contribution in [-0.4, -0.2) is 0 Å². The highest BCUT2D eigenvalue weighted by atomic mass is 15.1. The van der Waals surface area contributed by atoms with Crippen molar-refractivity contribution in [3.05, 3.63) is 106 Å². The molecule has 160 valence electrons. The molecule has 1 nitrogen and oxygen atoms in total. The normalized spacial score (nSPS) is 26.8. The van der Waals surface area contributed by atoms with Gasteiger partial charge in [-0.25, -0.2) is 0 Å². The topological polar surface area (TPSA) is 16.6 Å². The van der Waals surface area contributed by atoms with Crippen molar-refractivity contribution in [2.24, 2.45) is 0 Å². The molecule has 0 fully saturated rings. The van der Waals surface area contributed by atoms with Crippen LogP contribution in [0.2, 0.25) is 0 Å². The van der Waals surface area contributed by atoms with Crippen molar-refractivity contribution in [3.8, 4) is 0 Å². The lowest BCUT2D eigenvalue weighted by Gasteiger charge is -2.27. The van der Waals surface area contributed by atoms with Crippen LogP contribution in [0.1, 0.15) is 86.8 Å². The van der Waals surface area contributed by atoms with Crippen LogP contribution in [0.3, 0.4) is 0 Å². The molecule has 0 aromatic heterocycles. The standard InChI is InChI=1S/C30H35N/c1-28(2,3)23-18-15-21(16-19-23)14-17-22-20-29(4)26-12-8-9-13-27(26)30(5,31-29)25-11-7-6-10-24(22)25/h6-13,15-16,18-19,22,31H,14,17,20H2,1-5H3/p+1/t22-,29+,30-/m0/s1. The molecule has 2 bridgehead atoms. The lowest BCUT2D eigenvalue weighted by molar-refractivity contribution is -0.781. The summed E-state index contributed by atoms with van der Waals surface area (Å²) in [4.78, 5) is 0. The van der Waals surface area contributed by atoms with Crippen LogP contribution < -0.4 is 5.32 Å². The van der Waals surface area contributed by atoms with Gasteiger partial charge in [-0.15, -0.1) is 0 Å². The van der Waals surface area contributed by atoms with Crippen LogP contribution >= 0.6 is 0 Å². The molecule has 2 N–H and O–H groups in total. The molecule has 0 aliphatic carbocycles. The fourth-order valence-corrected chi connectivity index (χ4v) is 6.34. The number of hydrogen-bond acceptors (Lipinski definition) is 0. The van der Waals surface area contributed by atoms with Gasteiger partial charge in [-0.1, -0.05) is 93.6 Å². The average molecular weight is 411 g/mol. The Morgan fingerprint density at radius 1 is 0.806 bits per heavy atom. The second-order valence-corrected chi connectivity index (χ2v) is 11.3. The summed E-state index contributed by atoms with van der Waals surface area (Å²) in [6.45, 7) is 11.8. The summed E-state index contributed by atoms with van der Waals surface area (Å²) in [6.07, 6.45) is 3.53. The van der Waals surface area contributed by atoms with E-state index in [4.69, 9.17) is 0 Å². The molecule has 0 radical (unpaired) electrons. The van der Waals surface area contributed by atoms with E-state index in [9.17, 15) is 0 Å². The minimum absolute atomic E-state index is 0.00500. The van der Waals surface area contributed by atoms with Crippen molar-refractivity contribution < 1.29 is 5.32 Å². The highest BCUT2D eigenvalue weighted by molar-refractivity contribution is 5.50. The molecule has 2 aliphatic rings. The van der Waals surface area contributed by atoms with E-state index in [2.05, 4.69) is 113 Å². The maximum Gasteiger partial charge on any atom is 0.146 e. The molecule has 3 aromatic carbocycles. The molecule has 5 rings (SSSR count). The third kappa shape index (κ3) is 3.34. The Hall–Kier alpha value is -2.38. The van der Waals surface area contributed by atoms with Crippen molar-refractivity contribution in [1.82, 2.24) is 0 Å². The monoisotopic (exact) mass is 410 g/mol. The number of fused-ring (bicyclic) bond motifs is 7. The third-order valence-electron chi connectivity index (χ3n) is 7.94. The van der Waals surface area contributed by atoms with Crippen LogP contribution in [0.25, 0.3) is 0 Å². The first kappa shape index (κ1) is 20.5. The van der Waals surface area contributed by atoms with E-state index in [1.54, 1.807) is 5.56 Å². The lowest BCUT2D eigenvalue weighted by Crippen LogP contribution is -2.98. The van der Waals surface area contributed by atoms with Crippen LogP contribution in [-0.2, 0) is 22.9 Å². The number of quaternary nitrogens is 1. The summed E-state index contributed by atoms with van der Waals surface area (Å²) in [7, 11) is 0. The van der Waals surface area contributed by atoms with E-state index in [1.165, 1.54) is 40.7 Å². The molecule has 0 saturated carbocycles. The maximum absolute atomic E-state index is 2.65. The third-order valence-corrected chi connectivity index (χ3v) is 7.94. The van der Waals surface area contributed by atoms with Crippen molar-refractivity contribution in [1.29, 1.82) is 0 Å². The number of nitrogens with two attached hydrogens (primary N) is 1. The molecule has 2 heterocycles. The smallest absolute Gasteiger partial charge is 0.146 e. The van der Waals surface area contributed by atoms with Gasteiger partial charge in [0, 0.05) is 23.1 Å². The fourth-order valence-electron chi connectivity index (χ4n) is 6.34. The van der Waals surface area contributed by atoms with E-state index in [0.29, 0.717) is 5.92 Å². The second-order valence-electron chi connectivity index (χ2n) is 11.3. The van der Waals surface area contributed by atoms with Gasteiger partial charge >= 0.3 is 0 Å². The molecule has 2 aliphatic heterocycles. The first-order valence-corrected chi connectivity index (χ1v) is 11.9. The van der Waals surface area contributed by atoms with Crippen molar-refractivity contribution >= 4 is 0 Å². The average Bonchev–Trinajstić information content (AvgIpc) is 2.92. The molecule has 0 amide bonds. The lowest BCUT2D eigenvalue weighted by atomic mass is 9.73. The van der Waals surface area contributed by atoms with Gasteiger partial charge in [0.2, 0.25) is 0 Å². The number of rotatable bonds is 3. The largest absolute Gasteiger partial charge is 0.326 e. The van der Waals surface area contributed by atoms with Crippen LogP contribution in [0.15, 0.2) is 72.8 Å². The first-order valence-electron chi connectivity index (χ1n) is 11.9. The number of aryl methyl sites for hydroxylation is 1. The Labute approximate surface area is 187 Å². The zero-order valence-electron chi connectivity index (χ0n) is 19.7. The molecule has 0 unspecified atom stereocenters. The zero-order chi connectivity index (χ0) is 21.9. The van der Waals surface area contributed by atoms with Crippen molar-refractivity contribution in [2.75, 3.05) is 0 Å². The molecule has 3 atom stereocenters. The highest BCUT2D eigenvalue weighted by Crippen LogP contribution is 2.49. The summed E-state index contributed by atoms with van der Waals surface area (Å²) < 4.78 is 0. The van der Waals surface area contributed by atoms with E-state index in [-0.39, 0.29) is 16.5 Å². The predicted octanol–water partition coefficient (Wildman–Crippen LogP) is 6.16. The molecular weight excluding hydrogens is 374 g/mol. The Morgan fingerprint density at radius 3 is 2.10 bits per heavy atom. The predicted molar refractivity (Wildman–Crippen MR) is 129 cm³/mol. The first-order chi connectivity index (χ1) is 14.7. The van der Waals surface area contributed by atoms with Gasteiger partial charge < -0.3 is 5.32 Å². The fraction of sp³-hybridized carbons (Fsp3) is 0.400. The maximum atomic E-state index is 2.65. The Bertz CT molecular complexity index is 1100. The van der Waals surface area contributed by atoms with Gasteiger partial charge in [0.15, 0.2) is 0 Å². The molecule has 1 heteroatoms.